The molecule has 0 atom stereocenters. The number of hydrogen-bond acceptors (Lipinski definition) is 3. The smallest absolute Gasteiger partial charge is 0.335 e. The van der Waals surface area contributed by atoms with Crippen LogP contribution < -0.4 is 5.32 Å². The summed E-state index contributed by atoms with van der Waals surface area (Å²) in [6.07, 6.45) is 1.73. The first-order valence-electron chi connectivity index (χ1n) is 6.18. The number of pyridine rings is 1. The number of rotatable bonds is 3. The van der Waals surface area contributed by atoms with E-state index in [-0.39, 0.29) is 5.56 Å². The average molecular weight is 264 g/mol. The van der Waals surface area contributed by atoms with E-state index in [0.717, 1.165) is 10.8 Å². The van der Waals surface area contributed by atoms with E-state index in [1.807, 2.05) is 36.4 Å². The van der Waals surface area contributed by atoms with Crippen LogP contribution in [0.5, 0.6) is 0 Å². The van der Waals surface area contributed by atoms with Crippen LogP contribution in [0.2, 0.25) is 0 Å². The van der Waals surface area contributed by atoms with Gasteiger partial charge in [-0.1, -0.05) is 30.3 Å². The molecule has 1 heterocycles. The van der Waals surface area contributed by atoms with Gasteiger partial charge in [-0.15, -0.1) is 0 Å². The van der Waals surface area contributed by atoms with E-state index in [2.05, 4.69) is 10.3 Å². The molecule has 0 bridgehead atoms. The van der Waals surface area contributed by atoms with Gasteiger partial charge in [0.2, 0.25) is 0 Å². The van der Waals surface area contributed by atoms with Crippen LogP contribution in [0.3, 0.4) is 0 Å². The van der Waals surface area contributed by atoms with Crippen LogP contribution in [0, 0.1) is 0 Å². The molecule has 0 amide bonds. The summed E-state index contributed by atoms with van der Waals surface area (Å²) >= 11 is 0. The Labute approximate surface area is 115 Å². The van der Waals surface area contributed by atoms with Crippen LogP contribution in [-0.4, -0.2) is 16.1 Å². The van der Waals surface area contributed by atoms with Crippen LogP contribution in [0.1, 0.15) is 10.4 Å². The van der Waals surface area contributed by atoms with Crippen molar-refractivity contribution in [3.8, 4) is 0 Å². The molecule has 0 saturated carbocycles. The van der Waals surface area contributed by atoms with Gasteiger partial charge in [0.1, 0.15) is 5.82 Å². The van der Waals surface area contributed by atoms with E-state index < -0.39 is 5.97 Å². The number of benzene rings is 2. The number of carboxylic acids is 1. The normalized spacial score (nSPS) is 10.4. The first-order valence-corrected chi connectivity index (χ1v) is 6.18. The third kappa shape index (κ3) is 2.31. The predicted octanol–water partition coefficient (Wildman–Crippen LogP) is 3.68. The third-order valence-electron chi connectivity index (χ3n) is 3.05. The Morgan fingerprint density at radius 1 is 1.05 bits per heavy atom. The first-order chi connectivity index (χ1) is 9.74. The van der Waals surface area contributed by atoms with Gasteiger partial charge in [-0.3, -0.25) is 0 Å². The molecule has 2 aromatic carbocycles. The van der Waals surface area contributed by atoms with Crippen molar-refractivity contribution in [1.29, 1.82) is 0 Å². The van der Waals surface area contributed by atoms with Gasteiger partial charge in [0.25, 0.3) is 0 Å². The molecule has 2 N–H and O–H groups in total. The molecule has 3 rings (SSSR count). The third-order valence-corrected chi connectivity index (χ3v) is 3.05. The topological polar surface area (TPSA) is 62.2 Å². The zero-order valence-electron chi connectivity index (χ0n) is 10.6. The molecule has 0 unspecified atom stereocenters. The summed E-state index contributed by atoms with van der Waals surface area (Å²) < 4.78 is 0. The lowest BCUT2D eigenvalue weighted by atomic mass is 10.1. The molecule has 98 valence electrons. The number of nitrogens with zero attached hydrogens (tertiary/aromatic N) is 1. The fourth-order valence-electron chi connectivity index (χ4n) is 2.09. The second-order valence-corrected chi connectivity index (χ2v) is 4.39. The average Bonchev–Trinajstić information content (AvgIpc) is 2.48. The number of aromatic nitrogens is 1. The van der Waals surface area contributed by atoms with Gasteiger partial charge < -0.3 is 10.4 Å². The van der Waals surface area contributed by atoms with Gasteiger partial charge in [-0.05, 0) is 29.7 Å². The number of hydrogen-bond donors (Lipinski definition) is 2. The van der Waals surface area contributed by atoms with Crippen LogP contribution >= 0.6 is 0 Å². The SMILES string of the molecule is O=C(O)c1cccc(Nc2nccc3ccccc23)c1. The molecule has 0 aliphatic rings. The summed E-state index contributed by atoms with van der Waals surface area (Å²) in [6.45, 7) is 0. The van der Waals surface area contributed by atoms with Gasteiger partial charge in [0, 0.05) is 17.3 Å². The molecule has 0 fully saturated rings. The van der Waals surface area contributed by atoms with Gasteiger partial charge in [-0.2, -0.15) is 0 Å². The summed E-state index contributed by atoms with van der Waals surface area (Å²) in [5.41, 5.74) is 0.948. The Morgan fingerprint density at radius 2 is 1.90 bits per heavy atom. The number of anilines is 2. The molecule has 3 aromatic rings. The Hall–Kier alpha value is -2.88. The monoisotopic (exact) mass is 264 g/mol. The maximum absolute atomic E-state index is 11.0. The summed E-state index contributed by atoms with van der Waals surface area (Å²) in [4.78, 5) is 15.3. The van der Waals surface area contributed by atoms with Gasteiger partial charge >= 0.3 is 5.97 Å². The summed E-state index contributed by atoms with van der Waals surface area (Å²) in [5, 5.41) is 14.3. The van der Waals surface area contributed by atoms with Crippen molar-refractivity contribution < 1.29 is 9.90 Å². The van der Waals surface area contributed by atoms with Crippen LogP contribution in [0.25, 0.3) is 10.8 Å². The van der Waals surface area contributed by atoms with Crippen molar-refractivity contribution in [2.45, 2.75) is 0 Å². The highest BCUT2D eigenvalue weighted by Crippen LogP contribution is 2.24. The molecular formula is C16H12N2O2. The zero-order valence-corrected chi connectivity index (χ0v) is 10.6. The predicted molar refractivity (Wildman–Crippen MR) is 78.4 cm³/mol. The largest absolute Gasteiger partial charge is 0.478 e. The van der Waals surface area contributed by atoms with E-state index in [1.54, 1.807) is 24.4 Å². The van der Waals surface area contributed by atoms with Crippen molar-refractivity contribution in [1.82, 2.24) is 4.98 Å². The number of carbonyl (C=O) groups is 1. The van der Waals surface area contributed by atoms with Gasteiger partial charge in [-0.25, -0.2) is 9.78 Å². The Bertz CT molecular complexity index is 779. The Kier molecular flexibility index (Phi) is 3.05. The number of fused-ring (bicyclic) bond motifs is 1. The quantitative estimate of drug-likeness (QED) is 0.757. The van der Waals surface area contributed by atoms with E-state index in [1.165, 1.54) is 0 Å². The van der Waals surface area contributed by atoms with Crippen molar-refractivity contribution >= 4 is 28.2 Å². The molecular weight excluding hydrogens is 252 g/mol. The molecule has 0 aliphatic heterocycles. The van der Waals surface area contributed by atoms with Crippen molar-refractivity contribution in [3.05, 3.63) is 66.4 Å². The van der Waals surface area contributed by atoms with Crippen LogP contribution in [0.15, 0.2) is 60.8 Å². The van der Waals surface area contributed by atoms with Gasteiger partial charge in [0.15, 0.2) is 0 Å². The first kappa shape index (κ1) is 12.2. The van der Waals surface area contributed by atoms with Crippen molar-refractivity contribution in [3.63, 3.8) is 0 Å². The van der Waals surface area contributed by atoms with Gasteiger partial charge in [0.05, 0.1) is 5.56 Å². The minimum absolute atomic E-state index is 0.246. The van der Waals surface area contributed by atoms with Crippen LogP contribution in [-0.2, 0) is 0 Å². The number of carboxylic acid groups (broad SMARTS) is 1. The second-order valence-electron chi connectivity index (χ2n) is 4.39. The minimum atomic E-state index is -0.945. The fraction of sp³-hybridized carbons (Fsp3) is 0. The fourth-order valence-corrected chi connectivity index (χ4v) is 2.09. The number of nitrogens with one attached hydrogen (secondary N) is 1. The Morgan fingerprint density at radius 3 is 2.75 bits per heavy atom. The van der Waals surface area contributed by atoms with Crippen molar-refractivity contribution in [2.24, 2.45) is 0 Å². The van der Waals surface area contributed by atoms with Crippen molar-refractivity contribution in [2.75, 3.05) is 5.32 Å². The molecule has 0 radical (unpaired) electrons. The lowest BCUT2D eigenvalue weighted by Gasteiger charge is -2.09. The molecule has 1 aromatic heterocycles. The standard InChI is InChI=1S/C16H12N2O2/c19-16(20)12-5-3-6-13(10-12)18-15-14-7-2-1-4-11(14)8-9-17-15/h1-10H,(H,17,18)(H,19,20). The molecule has 4 nitrogen and oxygen atoms in total. The zero-order chi connectivity index (χ0) is 13.9. The lowest BCUT2D eigenvalue weighted by Crippen LogP contribution is -1.99. The van der Waals surface area contributed by atoms with E-state index in [4.69, 9.17) is 5.11 Å². The highest BCUT2D eigenvalue weighted by Gasteiger charge is 2.05. The second kappa shape index (κ2) is 5.01. The minimum Gasteiger partial charge on any atom is -0.478 e. The molecule has 0 spiro atoms. The Balaban J connectivity index is 2.01. The molecule has 20 heavy (non-hydrogen) atoms. The number of aromatic carboxylic acids is 1. The molecule has 0 aliphatic carbocycles. The highest BCUT2D eigenvalue weighted by molar-refractivity contribution is 5.94. The van der Waals surface area contributed by atoms with E-state index >= 15 is 0 Å². The summed E-state index contributed by atoms with van der Waals surface area (Å²) in [7, 11) is 0. The molecule has 4 heteroatoms. The summed E-state index contributed by atoms with van der Waals surface area (Å²) in [5.74, 6) is -0.231. The maximum atomic E-state index is 11.0. The summed E-state index contributed by atoms with van der Waals surface area (Å²) in [6, 6.07) is 16.5. The van der Waals surface area contributed by atoms with Crippen LogP contribution in [0.4, 0.5) is 11.5 Å². The maximum Gasteiger partial charge on any atom is 0.335 e. The lowest BCUT2D eigenvalue weighted by molar-refractivity contribution is 0.0697. The van der Waals surface area contributed by atoms with E-state index in [9.17, 15) is 4.79 Å². The highest BCUT2D eigenvalue weighted by atomic mass is 16.4. The van der Waals surface area contributed by atoms with E-state index in [0.29, 0.717) is 11.5 Å². The molecule has 0 saturated heterocycles.